The summed E-state index contributed by atoms with van der Waals surface area (Å²) in [4.78, 5) is 12.4. The molecule has 0 aliphatic heterocycles. The molecule has 1 aromatic heterocycles. The first-order valence-corrected chi connectivity index (χ1v) is 6.43. The van der Waals surface area contributed by atoms with E-state index in [1.165, 1.54) is 11.3 Å². The lowest BCUT2D eigenvalue weighted by Gasteiger charge is -2.07. The number of thiophene rings is 1. The number of hydrogen-bond donors (Lipinski definition) is 1. The highest BCUT2D eigenvalue weighted by atomic mass is 35.5. The largest absolute Gasteiger partial charge is 0.320 e. The third-order valence-electron chi connectivity index (χ3n) is 2.46. The topological polar surface area (TPSA) is 52.9 Å². The van der Waals surface area contributed by atoms with Crippen LogP contribution in [0.2, 0.25) is 5.02 Å². The molecule has 2 rings (SSSR count). The number of benzene rings is 1. The quantitative estimate of drug-likeness (QED) is 0.906. The number of hydrogen-bond acceptors (Lipinski definition) is 3. The van der Waals surface area contributed by atoms with Gasteiger partial charge >= 0.3 is 0 Å². The maximum Gasteiger partial charge on any atom is 0.267 e. The molecule has 2 aromatic rings. The molecule has 0 fully saturated rings. The molecule has 0 radical (unpaired) electrons. The standard InChI is InChI=1S/C13H9ClN2OS/c1-8-3-2-4-11(9(8)7-15)16-13(17)12-10(14)5-6-18-12/h2-6H,1H3,(H,16,17). The van der Waals surface area contributed by atoms with E-state index in [2.05, 4.69) is 11.4 Å². The van der Waals surface area contributed by atoms with E-state index in [1.54, 1.807) is 23.6 Å². The van der Waals surface area contributed by atoms with Crippen LogP contribution in [0, 0.1) is 18.3 Å². The molecule has 1 amide bonds. The summed E-state index contributed by atoms with van der Waals surface area (Å²) in [5.41, 5.74) is 1.80. The fourth-order valence-corrected chi connectivity index (χ4v) is 2.59. The number of carbonyl (C=O) groups excluding carboxylic acids is 1. The van der Waals surface area contributed by atoms with Crippen LogP contribution in [0.25, 0.3) is 0 Å². The Labute approximate surface area is 114 Å². The Bertz CT molecular complexity index is 643. The van der Waals surface area contributed by atoms with Gasteiger partial charge in [-0.3, -0.25) is 4.79 Å². The average molecular weight is 277 g/mol. The average Bonchev–Trinajstić information content (AvgIpc) is 2.76. The summed E-state index contributed by atoms with van der Waals surface area (Å²) in [7, 11) is 0. The van der Waals surface area contributed by atoms with Crippen LogP contribution in [0.15, 0.2) is 29.6 Å². The van der Waals surface area contributed by atoms with Gasteiger partial charge in [-0.15, -0.1) is 11.3 Å². The van der Waals surface area contributed by atoms with Crippen molar-refractivity contribution in [2.24, 2.45) is 0 Å². The van der Waals surface area contributed by atoms with E-state index < -0.39 is 0 Å². The van der Waals surface area contributed by atoms with Crippen LogP contribution >= 0.6 is 22.9 Å². The van der Waals surface area contributed by atoms with Gasteiger partial charge in [0.1, 0.15) is 10.9 Å². The molecule has 3 nitrogen and oxygen atoms in total. The van der Waals surface area contributed by atoms with Gasteiger partial charge in [-0.1, -0.05) is 23.7 Å². The Kier molecular flexibility index (Phi) is 3.66. The molecule has 1 N–H and O–H groups in total. The van der Waals surface area contributed by atoms with E-state index in [0.717, 1.165) is 5.56 Å². The van der Waals surface area contributed by atoms with E-state index in [4.69, 9.17) is 16.9 Å². The van der Waals surface area contributed by atoms with Gasteiger partial charge in [0.05, 0.1) is 16.3 Å². The summed E-state index contributed by atoms with van der Waals surface area (Å²) >= 11 is 7.16. The highest BCUT2D eigenvalue weighted by Crippen LogP contribution is 2.24. The van der Waals surface area contributed by atoms with Gasteiger partial charge < -0.3 is 5.32 Å². The van der Waals surface area contributed by atoms with E-state index in [1.807, 2.05) is 13.0 Å². The minimum absolute atomic E-state index is 0.294. The van der Waals surface area contributed by atoms with Crippen molar-refractivity contribution in [2.75, 3.05) is 5.32 Å². The molecule has 1 heterocycles. The number of amides is 1. The molecular weight excluding hydrogens is 268 g/mol. The van der Waals surface area contributed by atoms with Gasteiger partial charge in [-0.25, -0.2) is 0 Å². The first-order chi connectivity index (χ1) is 8.63. The Morgan fingerprint density at radius 2 is 2.22 bits per heavy atom. The molecule has 5 heteroatoms. The number of nitrogens with zero attached hydrogens (tertiary/aromatic N) is 1. The van der Waals surface area contributed by atoms with Gasteiger partial charge in [-0.05, 0) is 30.0 Å². The molecule has 18 heavy (non-hydrogen) atoms. The van der Waals surface area contributed by atoms with Crippen molar-refractivity contribution in [3.8, 4) is 6.07 Å². The van der Waals surface area contributed by atoms with Crippen LogP contribution in [-0.2, 0) is 0 Å². The third kappa shape index (κ3) is 2.37. The van der Waals surface area contributed by atoms with E-state index in [9.17, 15) is 4.79 Å². The zero-order valence-electron chi connectivity index (χ0n) is 9.53. The fourth-order valence-electron chi connectivity index (χ4n) is 1.56. The van der Waals surface area contributed by atoms with Crippen LogP contribution in [0.5, 0.6) is 0 Å². The van der Waals surface area contributed by atoms with Gasteiger partial charge in [0.25, 0.3) is 5.91 Å². The number of nitriles is 1. The van der Waals surface area contributed by atoms with E-state index >= 15 is 0 Å². The molecule has 0 unspecified atom stereocenters. The number of rotatable bonds is 2. The highest BCUT2D eigenvalue weighted by Gasteiger charge is 2.14. The Morgan fingerprint density at radius 3 is 2.83 bits per heavy atom. The van der Waals surface area contributed by atoms with Gasteiger partial charge in [0.2, 0.25) is 0 Å². The van der Waals surface area contributed by atoms with Crippen LogP contribution in [0.1, 0.15) is 20.8 Å². The van der Waals surface area contributed by atoms with Crippen molar-refractivity contribution < 1.29 is 4.79 Å². The Balaban J connectivity index is 2.31. The van der Waals surface area contributed by atoms with Crippen LogP contribution < -0.4 is 5.32 Å². The Morgan fingerprint density at radius 1 is 1.44 bits per heavy atom. The number of halogens is 1. The van der Waals surface area contributed by atoms with Crippen LogP contribution in [0.4, 0.5) is 5.69 Å². The molecule has 0 saturated heterocycles. The SMILES string of the molecule is Cc1cccc(NC(=O)c2sccc2Cl)c1C#N. The zero-order chi connectivity index (χ0) is 13.1. The van der Waals surface area contributed by atoms with Crippen LogP contribution in [-0.4, -0.2) is 5.91 Å². The molecule has 0 saturated carbocycles. The zero-order valence-corrected chi connectivity index (χ0v) is 11.1. The first kappa shape index (κ1) is 12.6. The van der Waals surface area contributed by atoms with E-state index in [-0.39, 0.29) is 5.91 Å². The molecule has 0 atom stereocenters. The third-order valence-corrected chi connectivity index (χ3v) is 3.80. The minimum atomic E-state index is -0.294. The summed E-state index contributed by atoms with van der Waals surface area (Å²) in [6.07, 6.45) is 0. The van der Waals surface area contributed by atoms with Crippen molar-refractivity contribution in [2.45, 2.75) is 6.92 Å². The number of nitrogens with one attached hydrogen (secondary N) is 1. The van der Waals surface area contributed by atoms with Crippen molar-refractivity contribution in [1.29, 1.82) is 5.26 Å². The summed E-state index contributed by atoms with van der Waals surface area (Å²) in [6, 6.07) is 9.07. The predicted octanol–water partition coefficient (Wildman–Crippen LogP) is 3.83. The second kappa shape index (κ2) is 5.21. The number of carbonyl (C=O) groups is 1. The fraction of sp³-hybridized carbons (Fsp3) is 0.0769. The van der Waals surface area contributed by atoms with Crippen molar-refractivity contribution >= 4 is 34.5 Å². The van der Waals surface area contributed by atoms with Gasteiger partial charge in [-0.2, -0.15) is 5.26 Å². The second-order valence-corrected chi connectivity index (χ2v) is 4.98. The first-order valence-electron chi connectivity index (χ1n) is 5.17. The molecule has 0 bridgehead atoms. The molecule has 0 spiro atoms. The molecular formula is C13H9ClN2OS. The molecule has 1 aromatic carbocycles. The van der Waals surface area contributed by atoms with E-state index in [0.29, 0.717) is 21.2 Å². The number of anilines is 1. The normalized spacial score (nSPS) is 9.83. The van der Waals surface area contributed by atoms with Crippen LogP contribution in [0.3, 0.4) is 0 Å². The van der Waals surface area contributed by atoms with Crippen molar-refractivity contribution in [3.63, 3.8) is 0 Å². The van der Waals surface area contributed by atoms with Crippen molar-refractivity contribution in [1.82, 2.24) is 0 Å². The number of aryl methyl sites for hydroxylation is 1. The maximum absolute atomic E-state index is 12.0. The Hall–Kier alpha value is -1.83. The highest BCUT2D eigenvalue weighted by molar-refractivity contribution is 7.12. The lowest BCUT2D eigenvalue weighted by atomic mass is 10.1. The van der Waals surface area contributed by atoms with Gasteiger partial charge in [0.15, 0.2) is 0 Å². The van der Waals surface area contributed by atoms with Gasteiger partial charge in [0, 0.05) is 0 Å². The molecule has 0 aliphatic carbocycles. The lowest BCUT2D eigenvalue weighted by Crippen LogP contribution is -2.12. The smallest absolute Gasteiger partial charge is 0.267 e. The lowest BCUT2D eigenvalue weighted by molar-refractivity contribution is 0.103. The summed E-state index contributed by atoms with van der Waals surface area (Å²) in [6.45, 7) is 1.83. The monoisotopic (exact) mass is 276 g/mol. The summed E-state index contributed by atoms with van der Waals surface area (Å²) in [5.74, 6) is -0.294. The van der Waals surface area contributed by atoms with Crippen molar-refractivity contribution in [3.05, 3.63) is 50.7 Å². The maximum atomic E-state index is 12.0. The predicted molar refractivity (Wildman–Crippen MR) is 73.2 cm³/mol. The summed E-state index contributed by atoms with van der Waals surface area (Å²) in [5, 5.41) is 14.0. The molecule has 90 valence electrons. The summed E-state index contributed by atoms with van der Waals surface area (Å²) < 4.78 is 0. The minimum Gasteiger partial charge on any atom is -0.320 e. The second-order valence-electron chi connectivity index (χ2n) is 3.66. The molecule has 0 aliphatic rings.